The van der Waals surface area contributed by atoms with Gasteiger partial charge in [-0.15, -0.1) is 0 Å². The predicted molar refractivity (Wildman–Crippen MR) is 78.8 cm³/mol. The Bertz CT molecular complexity index is 464. The van der Waals surface area contributed by atoms with Crippen LogP contribution in [0.5, 0.6) is 0 Å². The van der Waals surface area contributed by atoms with Crippen LogP contribution in [0.3, 0.4) is 0 Å². The fourth-order valence-corrected chi connectivity index (χ4v) is 2.77. The molecule has 0 aliphatic heterocycles. The van der Waals surface area contributed by atoms with Gasteiger partial charge in [0.05, 0.1) is 0 Å². The number of hydrogen-bond acceptors (Lipinski definition) is 3. The molecule has 0 radical (unpaired) electrons. The second-order valence-corrected chi connectivity index (χ2v) is 5.31. The Morgan fingerprint density at radius 3 is 2.67 bits per heavy atom. The summed E-state index contributed by atoms with van der Waals surface area (Å²) in [6.07, 6.45) is 0.965. The van der Waals surface area contributed by atoms with Crippen LogP contribution in [0.15, 0.2) is 41.1 Å². The van der Waals surface area contributed by atoms with Gasteiger partial charge in [0.15, 0.2) is 0 Å². The van der Waals surface area contributed by atoms with Crippen LogP contribution in [0, 0.1) is 6.92 Å². The molecule has 0 fully saturated rings. The smallest absolute Gasteiger partial charge is 0.0306 e. The molecular formula is C15H20N2S. The highest BCUT2D eigenvalue weighted by Crippen LogP contribution is 2.14. The van der Waals surface area contributed by atoms with Gasteiger partial charge in [-0.3, -0.25) is 0 Å². The van der Waals surface area contributed by atoms with Crippen LogP contribution in [0.4, 0.5) is 0 Å². The monoisotopic (exact) mass is 260 g/mol. The Morgan fingerprint density at radius 1 is 1.22 bits per heavy atom. The Hall–Kier alpha value is -1.16. The lowest BCUT2D eigenvalue weighted by atomic mass is 10.1. The fraction of sp³-hybridized carbons (Fsp3) is 0.333. The lowest BCUT2D eigenvalue weighted by molar-refractivity contribution is 0.579. The molecule has 0 bridgehead atoms. The molecule has 1 aromatic heterocycles. The van der Waals surface area contributed by atoms with Gasteiger partial charge in [-0.2, -0.15) is 11.3 Å². The van der Waals surface area contributed by atoms with Crippen LogP contribution in [-0.4, -0.2) is 6.54 Å². The van der Waals surface area contributed by atoms with E-state index in [1.165, 1.54) is 16.7 Å². The lowest BCUT2D eigenvalue weighted by Crippen LogP contribution is -2.20. The summed E-state index contributed by atoms with van der Waals surface area (Å²) in [4.78, 5) is 0. The Labute approximate surface area is 113 Å². The summed E-state index contributed by atoms with van der Waals surface area (Å²) in [7, 11) is 0. The second-order valence-electron chi connectivity index (χ2n) is 4.56. The summed E-state index contributed by atoms with van der Waals surface area (Å²) in [6, 6.07) is 10.4. The van der Waals surface area contributed by atoms with Crippen molar-refractivity contribution in [2.24, 2.45) is 5.73 Å². The van der Waals surface area contributed by atoms with E-state index < -0.39 is 0 Å². The molecule has 0 aliphatic carbocycles. The van der Waals surface area contributed by atoms with E-state index >= 15 is 0 Å². The molecule has 96 valence electrons. The molecule has 0 amide bonds. The molecule has 3 heteroatoms. The number of aryl methyl sites for hydroxylation is 1. The van der Waals surface area contributed by atoms with Crippen LogP contribution >= 0.6 is 11.3 Å². The normalized spacial score (nSPS) is 12.6. The molecule has 18 heavy (non-hydrogen) atoms. The zero-order chi connectivity index (χ0) is 12.8. The number of benzene rings is 1. The average molecular weight is 260 g/mol. The fourth-order valence-electron chi connectivity index (χ4n) is 1.92. The van der Waals surface area contributed by atoms with Crippen molar-refractivity contribution in [3.8, 4) is 0 Å². The molecule has 2 nitrogen and oxygen atoms in total. The van der Waals surface area contributed by atoms with Gasteiger partial charge >= 0.3 is 0 Å². The van der Waals surface area contributed by atoms with E-state index in [4.69, 9.17) is 5.73 Å². The summed E-state index contributed by atoms with van der Waals surface area (Å²) < 4.78 is 0. The second kappa shape index (κ2) is 6.69. The van der Waals surface area contributed by atoms with Crippen molar-refractivity contribution < 1.29 is 0 Å². The molecule has 1 heterocycles. The summed E-state index contributed by atoms with van der Waals surface area (Å²) in [5.74, 6) is 0. The SMILES string of the molecule is Cc1cscc1CNCCC(N)c1ccccc1. The maximum atomic E-state index is 6.15. The van der Waals surface area contributed by atoms with Gasteiger partial charge in [0, 0.05) is 12.6 Å². The van der Waals surface area contributed by atoms with E-state index in [0.29, 0.717) is 0 Å². The molecule has 2 aromatic rings. The first-order chi connectivity index (χ1) is 8.77. The largest absolute Gasteiger partial charge is 0.324 e. The minimum absolute atomic E-state index is 0.127. The van der Waals surface area contributed by atoms with Gasteiger partial charge in [0.2, 0.25) is 0 Å². The van der Waals surface area contributed by atoms with Gasteiger partial charge < -0.3 is 11.1 Å². The minimum Gasteiger partial charge on any atom is -0.324 e. The Kier molecular flexibility index (Phi) is 4.93. The van der Waals surface area contributed by atoms with Crippen molar-refractivity contribution in [3.63, 3.8) is 0 Å². The summed E-state index contributed by atoms with van der Waals surface area (Å²) in [5, 5.41) is 7.85. The number of rotatable bonds is 6. The van der Waals surface area contributed by atoms with Crippen molar-refractivity contribution in [1.29, 1.82) is 0 Å². The quantitative estimate of drug-likeness (QED) is 0.783. The average Bonchev–Trinajstić information content (AvgIpc) is 2.81. The van der Waals surface area contributed by atoms with Gasteiger partial charge in [-0.25, -0.2) is 0 Å². The van der Waals surface area contributed by atoms with Crippen LogP contribution in [0.1, 0.15) is 29.2 Å². The molecule has 1 atom stereocenters. The summed E-state index contributed by atoms with van der Waals surface area (Å²) >= 11 is 1.76. The molecule has 0 spiro atoms. The van der Waals surface area contributed by atoms with E-state index in [2.05, 4.69) is 35.1 Å². The molecule has 1 aromatic carbocycles. The molecular weight excluding hydrogens is 240 g/mol. The molecule has 0 aliphatic rings. The number of nitrogens with two attached hydrogens (primary N) is 1. The van der Waals surface area contributed by atoms with E-state index in [-0.39, 0.29) is 6.04 Å². The molecule has 0 saturated carbocycles. The first-order valence-corrected chi connectivity index (χ1v) is 7.24. The molecule has 3 N–H and O–H groups in total. The highest BCUT2D eigenvalue weighted by atomic mass is 32.1. The van der Waals surface area contributed by atoms with Crippen molar-refractivity contribution in [2.45, 2.75) is 25.9 Å². The van der Waals surface area contributed by atoms with Crippen molar-refractivity contribution in [1.82, 2.24) is 5.32 Å². The van der Waals surface area contributed by atoms with Crippen molar-refractivity contribution in [2.75, 3.05) is 6.54 Å². The van der Waals surface area contributed by atoms with Crippen LogP contribution < -0.4 is 11.1 Å². The third-order valence-electron chi connectivity index (χ3n) is 3.14. The van der Waals surface area contributed by atoms with Crippen LogP contribution in [0.2, 0.25) is 0 Å². The van der Waals surface area contributed by atoms with E-state index in [1.807, 2.05) is 18.2 Å². The van der Waals surface area contributed by atoms with Gasteiger partial charge in [-0.05, 0) is 47.3 Å². The number of nitrogens with one attached hydrogen (secondary N) is 1. The Morgan fingerprint density at radius 2 is 2.00 bits per heavy atom. The summed E-state index contributed by atoms with van der Waals surface area (Å²) in [6.45, 7) is 4.05. The first-order valence-electron chi connectivity index (χ1n) is 6.30. The highest BCUT2D eigenvalue weighted by molar-refractivity contribution is 7.08. The van der Waals surface area contributed by atoms with Gasteiger partial charge in [0.1, 0.15) is 0 Å². The molecule has 1 unspecified atom stereocenters. The third-order valence-corrected chi connectivity index (χ3v) is 4.05. The van der Waals surface area contributed by atoms with Crippen LogP contribution in [-0.2, 0) is 6.54 Å². The lowest BCUT2D eigenvalue weighted by Gasteiger charge is -2.12. The zero-order valence-electron chi connectivity index (χ0n) is 10.7. The third kappa shape index (κ3) is 3.67. The minimum atomic E-state index is 0.127. The van der Waals surface area contributed by atoms with E-state index in [1.54, 1.807) is 11.3 Å². The van der Waals surface area contributed by atoms with Gasteiger partial charge in [-0.1, -0.05) is 30.3 Å². The van der Waals surface area contributed by atoms with Crippen molar-refractivity contribution >= 4 is 11.3 Å². The number of hydrogen-bond donors (Lipinski definition) is 2. The number of thiophene rings is 1. The van der Waals surface area contributed by atoms with Gasteiger partial charge in [0.25, 0.3) is 0 Å². The highest BCUT2D eigenvalue weighted by Gasteiger charge is 2.04. The maximum Gasteiger partial charge on any atom is 0.0306 e. The van der Waals surface area contributed by atoms with Crippen LogP contribution in [0.25, 0.3) is 0 Å². The van der Waals surface area contributed by atoms with Crippen molar-refractivity contribution in [3.05, 3.63) is 57.8 Å². The summed E-state index contributed by atoms with van der Waals surface area (Å²) in [5.41, 5.74) is 10.1. The Balaban J connectivity index is 1.71. The standard InChI is InChI=1S/C15H20N2S/c1-12-10-18-11-14(12)9-17-8-7-15(16)13-5-3-2-4-6-13/h2-6,10-11,15,17H,7-9,16H2,1H3. The first kappa shape index (κ1) is 13.3. The van der Waals surface area contributed by atoms with E-state index in [0.717, 1.165) is 19.5 Å². The molecule has 0 saturated heterocycles. The maximum absolute atomic E-state index is 6.15. The predicted octanol–water partition coefficient (Wildman–Crippen LogP) is 3.24. The molecule has 2 rings (SSSR count). The zero-order valence-corrected chi connectivity index (χ0v) is 11.5. The topological polar surface area (TPSA) is 38.0 Å². The van der Waals surface area contributed by atoms with E-state index in [9.17, 15) is 0 Å².